The van der Waals surface area contributed by atoms with Gasteiger partial charge in [-0.05, 0) is 26.5 Å². The number of rotatable bonds is 3. The SMILES string of the molecule is Cc1cc2c(s1)NC=c1c(F)c(F)cnc1=C2N1CCN(C)C(CCO)C1. The van der Waals surface area contributed by atoms with Crippen molar-refractivity contribution in [3.05, 3.63) is 44.9 Å². The average Bonchev–Trinajstić information content (AvgIpc) is 2.93. The lowest BCUT2D eigenvalue weighted by atomic mass is 10.1. The van der Waals surface area contributed by atoms with Gasteiger partial charge in [-0.2, -0.15) is 0 Å². The van der Waals surface area contributed by atoms with Crippen LogP contribution in [0.5, 0.6) is 0 Å². The van der Waals surface area contributed by atoms with E-state index >= 15 is 0 Å². The van der Waals surface area contributed by atoms with E-state index in [1.54, 1.807) is 11.3 Å². The van der Waals surface area contributed by atoms with Gasteiger partial charge in [0, 0.05) is 48.9 Å². The van der Waals surface area contributed by atoms with Crippen LogP contribution in [0.15, 0.2) is 12.3 Å². The zero-order valence-electron chi connectivity index (χ0n) is 15.3. The fourth-order valence-electron chi connectivity index (χ4n) is 3.79. The van der Waals surface area contributed by atoms with Crippen LogP contribution in [0.4, 0.5) is 13.8 Å². The van der Waals surface area contributed by atoms with E-state index in [4.69, 9.17) is 0 Å². The van der Waals surface area contributed by atoms with Crippen molar-refractivity contribution in [2.45, 2.75) is 19.4 Å². The topological polar surface area (TPSA) is 51.6 Å². The summed E-state index contributed by atoms with van der Waals surface area (Å²) in [5.41, 5.74) is 1.78. The van der Waals surface area contributed by atoms with Gasteiger partial charge in [0.25, 0.3) is 0 Å². The average molecular weight is 392 g/mol. The summed E-state index contributed by atoms with van der Waals surface area (Å²) in [6.45, 7) is 4.41. The number of fused-ring (bicyclic) bond motifs is 2. The molecule has 1 saturated heterocycles. The van der Waals surface area contributed by atoms with E-state index < -0.39 is 11.6 Å². The van der Waals surface area contributed by atoms with Crippen LogP contribution in [0, 0.1) is 18.6 Å². The lowest BCUT2D eigenvalue weighted by Gasteiger charge is -2.41. The van der Waals surface area contributed by atoms with E-state index in [9.17, 15) is 13.9 Å². The van der Waals surface area contributed by atoms with Crippen LogP contribution in [0.3, 0.4) is 0 Å². The minimum atomic E-state index is -0.955. The maximum absolute atomic E-state index is 14.5. The monoisotopic (exact) mass is 392 g/mol. The molecule has 0 amide bonds. The van der Waals surface area contributed by atoms with E-state index in [1.165, 1.54) is 6.20 Å². The highest BCUT2D eigenvalue weighted by Gasteiger charge is 2.29. The molecule has 0 radical (unpaired) electrons. The molecule has 2 N–H and O–H groups in total. The van der Waals surface area contributed by atoms with Crippen LogP contribution in [0.1, 0.15) is 16.9 Å². The van der Waals surface area contributed by atoms with Crippen molar-refractivity contribution in [2.24, 2.45) is 0 Å². The van der Waals surface area contributed by atoms with Crippen molar-refractivity contribution in [3.8, 4) is 0 Å². The molecule has 5 nitrogen and oxygen atoms in total. The Hall–Kier alpha value is -2.03. The zero-order valence-corrected chi connectivity index (χ0v) is 16.1. The summed E-state index contributed by atoms with van der Waals surface area (Å²) >= 11 is 1.58. The van der Waals surface area contributed by atoms with Crippen molar-refractivity contribution >= 4 is 28.2 Å². The number of aliphatic hydroxyl groups is 1. The van der Waals surface area contributed by atoms with Crippen molar-refractivity contribution in [3.63, 3.8) is 0 Å². The molecule has 0 bridgehead atoms. The number of likely N-dealkylation sites (N-methyl/N-ethyl adjacent to an activating group) is 1. The van der Waals surface area contributed by atoms with Crippen LogP contribution in [-0.4, -0.2) is 59.2 Å². The molecule has 2 aliphatic rings. The molecule has 2 aromatic rings. The van der Waals surface area contributed by atoms with Crippen molar-refractivity contribution in [1.82, 2.24) is 14.8 Å². The number of anilines is 1. The quantitative estimate of drug-likeness (QED) is 0.818. The van der Waals surface area contributed by atoms with E-state index in [2.05, 4.69) is 26.2 Å². The van der Waals surface area contributed by atoms with Crippen LogP contribution < -0.4 is 15.9 Å². The maximum atomic E-state index is 14.5. The molecule has 0 aromatic carbocycles. The summed E-state index contributed by atoms with van der Waals surface area (Å²) in [7, 11) is 2.05. The molecular formula is C19H22F2N4OS. The standard InChI is InChI=1S/C19H22F2N4OS/c1-11-7-13-18(25-5-4-24(2)12(10-25)3-6-26)17-14(8-23-19(13)27-11)16(21)15(20)9-22-17/h7-9,12,23,26H,3-6,10H2,1-2H3. The number of aliphatic hydroxyl groups excluding tert-OH is 1. The van der Waals surface area contributed by atoms with Crippen LogP contribution >= 0.6 is 11.3 Å². The summed E-state index contributed by atoms with van der Waals surface area (Å²) in [6.07, 6.45) is 3.12. The van der Waals surface area contributed by atoms with Crippen LogP contribution in [0.2, 0.25) is 0 Å². The summed E-state index contributed by atoms with van der Waals surface area (Å²) in [6, 6.07) is 2.25. The predicted octanol–water partition coefficient (Wildman–Crippen LogP) is 1.05. The molecule has 2 aliphatic heterocycles. The Labute approximate surface area is 160 Å². The van der Waals surface area contributed by atoms with Crippen molar-refractivity contribution in [1.29, 1.82) is 0 Å². The lowest BCUT2D eigenvalue weighted by molar-refractivity contribution is 0.110. The number of halogens is 2. The molecule has 2 aromatic heterocycles. The second kappa shape index (κ2) is 7.18. The number of thiophene rings is 1. The molecule has 0 saturated carbocycles. The third kappa shape index (κ3) is 3.22. The Balaban J connectivity index is 1.93. The number of pyridine rings is 1. The smallest absolute Gasteiger partial charge is 0.177 e. The predicted molar refractivity (Wildman–Crippen MR) is 103 cm³/mol. The van der Waals surface area contributed by atoms with E-state index in [0.29, 0.717) is 18.3 Å². The van der Waals surface area contributed by atoms with Gasteiger partial charge in [-0.25, -0.2) is 8.78 Å². The molecule has 4 heterocycles. The molecule has 144 valence electrons. The van der Waals surface area contributed by atoms with Gasteiger partial charge in [0.1, 0.15) is 5.00 Å². The first-order valence-electron chi connectivity index (χ1n) is 8.97. The van der Waals surface area contributed by atoms with Gasteiger partial charge in [-0.15, -0.1) is 11.3 Å². The highest BCUT2D eigenvalue weighted by atomic mass is 32.1. The summed E-state index contributed by atoms with van der Waals surface area (Å²) in [5, 5.41) is 14.0. The summed E-state index contributed by atoms with van der Waals surface area (Å²) < 4.78 is 28.3. The molecule has 1 fully saturated rings. The third-order valence-corrected chi connectivity index (χ3v) is 6.23. The zero-order chi connectivity index (χ0) is 19.1. The lowest BCUT2D eigenvalue weighted by Crippen LogP contribution is -2.52. The Morgan fingerprint density at radius 1 is 1.37 bits per heavy atom. The van der Waals surface area contributed by atoms with Gasteiger partial charge in [0.05, 0.1) is 22.5 Å². The molecule has 1 atom stereocenters. The highest BCUT2D eigenvalue weighted by molar-refractivity contribution is 7.16. The van der Waals surface area contributed by atoms with E-state index in [-0.39, 0.29) is 17.9 Å². The number of aromatic nitrogens is 1. The van der Waals surface area contributed by atoms with Crippen molar-refractivity contribution < 1.29 is 13.9 Å². The second-order valence-corrected chi connectivity index (χ2v) is 8.27. The Kier molecular flexibility index (Phi) is 4.88. The van der Waals surface area contributed by atoms with Gasteiger partial charge >= 0.3 is 0 Å². The maximum Gasteiger partial charge on any atom is 0.177 e. The van der Waals surface area contributed by atoms with Gasteiger partial charge in [-0.1, -0.05) is 0 Å². The second-order valence-electron chi connectivity index (χ2n) is 7.01. The van der Waals surface area contributed by atoms with E-state index in [1.807, 2.05) is 14.0 Å². The molecule has 0 spiro atoms. The fraction of sp³-hybridized carbons (Fsp3) is 0.421. The first-order valence-corrected chi connectivity index (χ1v) is 9.79. The molecule has 27 heavy (non-hydrogen) atoms. The molecular weight excluding hydrogens is 370 g/mol. The van der Waals surface area contributed by atoms with Gasteiger partial charge in [-0.3, -0.25) is 9.88 Å². The van der Waals surface area contributed by atoms with E-state index in [0.717, 1.165) is 40.4 Å². The van der Waals surface area contributed by atoms with Crippen LogP contribution in [-0.2, 0) is 0 Å². The number of nitrogens with one attached hydrogen (secondary N) is 1. The first-order chi connectivity index (χ1) is 13.0. The van der Waals surface area contributed by atoms with Crippen LogP contribution in [0.25, 0.3) is 11.9 Å². The third-order valence-electron chi connectivity index (χ3n) is 5.25. The Bertz CT molecular complexity index is 990. The number of nitrogens with zero attached hydrogens (tertiary/aromatic N) is 3. The first kappa shape index (κ1) is 18.3. The minimum absolute atomic E-state index is 0.116. The number of aryl methyl sites for hydroxylation is 1. The number of hydrogen-bond donors (Lipinski definition) is 2. The summed E-state index contributed by atoms with van der Waals surface area (Å²) in [4.78, 5) is 9.82. The molecule has 4 rings (SSSR count). The van der Waals surface area contributed by atoms with Crippen molar-refractivity contribution in [2.75, 3.05) is 38.6 Å². The largest absolute Gasteiger partial charge is 0.396 e. The molecule has 8 heteroatoms. The highest BCUT2D eigenvalue weighted by Crippen LogP contribution is 2.34. The van der Waals surface area contributed by atoms with Gasteiger partial charge in [0.2, 0.25) is 0 Å². The Morgan fingerprint density at radius 3 is 2.96 bits per heavy atom. The molecule has 1 unspecified atom stereocenters. The number of hydrogen-bond acceptors (Lipinski definition) is 6. The fourth-order valence-corrected chi connectivity index (χ4v) is 4.68. The Morgan fingerprint density at radius 2 is 2.19 bits per heavy atom. The number of piperazine rings is 1. The van der Waals surface area contributed by atoms with Gasteiger partial charge < -0.3 is 15.3 Å². The summed E-state index contributed by atoms with van der Waals surface area (Å²) in [5.74, 6) is -1.85. The normalized spacial score (nSPS) is 19.8. The van der Waals surface area contributed by atoms with Gasteiger partial charge in [0.15, 0.2) is 11.6 Å². The minimum Gasteiger partial charge on any atom is -0.396 e. The molecule has 0 aliphatic carbocycles.